The fourth-order valence-corrected chi connectivity index (χ4v) is 4.57. The van der Waals surface area contributed by atoms with Crippen molar-refractivity contribution in [2.24, 2.45) is 0 Å². The summed E-state index contributed by atoms with van der Waals surface area (Å²) in [5.74, 6) is 0.917. The van der Waals surface area contributed by atoms with Gasteiger partial charge in [0.1, 0.15) is 17.5 Å². The van der Waals surface area contributed by atoms with Gasteiger partial charge in [-0.2, -0.15) is 9.61 Å². The summed E-state index contributed by atoms with van der Waals surface area (Å²) in [5.41, 5.74) is 1.41. The van der Waals surface area contributed by atoms with Crippen molar-refractivity contribution < 1.29 is 23.8 Å². The minimum absolute atomic E-state index is 0.0456. The molecule has 0 aliphatic rings. The van der Waals surface area contributed by atoms with Crippen LogP contribution in [0, 0.1) is 0 Å². The van der Waals surface area contributed by atoms with E-state index in [2.05, 4.69) is 43.9 Å². The maximum atomic E-state index is 12.5. The second-order valence-electron chi connectivity index (χ2n) is 9.62. The summed E-state index contributed by atoms with van der Waals surface area (Å²) < 4.78 is 18.4. The Morgan fingerprint density at radius 2 is 1.83 bits per heavy atom. The first-order valence-electron chi connectivity index (χ1n) is 11.4. The highest BCUT2D eigenvalue weighted by molar-refractivity contribution is 6.74. The average Bonchev–Trinajstić information content (AvgIpc) is 3.23. The first kappa shape index (κ1) is 26.9. The Bertz CT molecular complexity index is 1160. The smallest absolute Gasteiger partial charge is 0.417 e. The molecule has 3 rings (SSSR count). The summed E-state index contributed by atoms with van der Waals surface area (Å²) in [6.07, 6.45) is 0.764. The topological polar surface area (TPSA) is 98.4 Å². The van der Waals surface area contributed by atoms with Crippen LogP contribution in [-0.2, 0) is 15.6 Å². The van der Waals surface area contributed by atoms with Crippen LogP contribution in [0.1, 0.15) is 26.3 Å². The van der Waals surface area contributed by atoms with Crippen LogP contribution in [0.5, 0.6) is 5.75 Å². The van der Waals surface area contributed by atoms with Gasteiger partial charge in [0, 0.05) is 31.8 Å². The number of carboxylic acid groups (broad SMARTS) is 1. The Balaban J connectivity index is 1.99. The molecule has 0 saturated carbocycles. The molecule has 0 atom stereocenters. The van der Waals surface area contributed by atoms with Crippen molar-refractivity contribution in [1.82, 2.24) is 14.6 Å². The van der Waals surface area contributed by atoms with Gasteiger partial charge < -0.3 is 19.0 Å². The lowest BCUT2D eigenvalue weighted by atomic mass is 10.2. The van der Waals surface area contributed by atoms with Crippen LogP contribution in [0.25, 0.3) is 5.65 Å². The summed E-state index contributed by atoms with van der Waals surface area (Å²) in [5, 5.41) is 14.8. The van der Waals surface area contributed by atoms with Crippen molar-refractivity contribution in [3.63, 3.8) is 0 Å². The number of halogens is 1. The van der Waals surface area contributed by atoms with E-state index >= 15 is 0 Å². The second-order valence-corrected chi connectivity index (χ2v) is 14.8. The van der Waals surface area contributed by atoms with Crippen LogP contribution < -0.4 is 9.64 Å². The molecular formula is C24H33ClN4O5Si. The molecule has 0 saturated heterocycles. The van der Waals surface area contributed by atoms with E-state index < -0.39 is 14.4 Å². The van der Waals surface area contributed by atoms with Gasteiger partial charge in [-0.15, -0.1) is 0 Å². The number of anilines is 2. The Morgan fingerprint density at radius 3 is 2.43 bits per heavy atom. The van der Waals surface area contributed by atoms with Crippen molar-refractivity contribution in [3.8, 4) is 5.75 Å². The van der Waals surface area contributed by atoms with Gasteiger partial charge in [-0.05, 0) is 42.4 Å². The van der Waals surface area contributed by atoms with Gasteiger partial charge in [-0.3, -0.25) is 0 Å². The van der Waals surface area contributed by atoms with Crippen LogP contribution in [0.15, 0.2) is 36.5 Å². The molecule has 0 unspecified atom stereocenters. The van der Waals surface area contributed by atoms with Crippen LogP contribution in [0.2, 0.25) is 23.3 Å². The second kappa shape index (κ2) is 10.9. The lowest BCUT2D eigenvalue weighted by Gasteiger charge is -2.36. The van der Waals surface area contributed by atoms with Gasteiger partial charge in [0.25, 0.3) is 0 Å². The van der Waals surface area contributed by atoms with Crippen molar-refractivity contribution in [2.45, 2.75) is 45.3 Å². The van der Waals surface area contributed by atoms with E-state index in [-0.39, 0.29) is 10.2 Å². The third kappa shape index (κ3) is 6.13. The SMILES string of the molecule is COCCOc1ccc(N(C(=O)O)c2c(CCO[Si](C)(C)C(C)(C)C)c(Cl)nc3ccnn23)cc1. The number of carbonyl (C=O) groups is 1. The number of rotatable bonds is 10. The standard InChI is InChI=1S/C24H33ClN4O5Si/c1-24(2,3)35(5,6)34-14-12-19-21(25)27-20-11-13-26-29(20)22(19)28(23(30)31)17-7-9-18(10-8-17)33-16-15-32-4/h7-11,13H,12,14-16H2,1-6H3,(H,30,31). The number of fused-ring (bicyclic) bond motifs is 1. The molecule has 0 spiro atoms. The number of benzene rings is 1. The number of hydrogen-bond acceptors (Lipinski definition) is 6. The lowest BCUT2D eigenvalue weighted by molar-refractivity contribution is 0.146. The van der Waals surface area contributed by atoms with Crippen molar-refractivity contribution in [1.29, 1.82) is 0 Å². The Labute approximate surface area is 211 Å². The molecule has 0 fully saturated rings. The zero-order chi connectivity index (χ0) is 25.8. The number of ether oxygens (including phenoxy) is 2. The predicted octanol–water partition coefficient (Wildman–Crippen LogP) is 5.79. The van der Waals surface area contributed by atoms with Gasteiger partial charge in [0.05, 0.1) is 18.5 Å². The molecule has 9 nitrogen and oxygen atoms in total. The Morgan fingerprint density at radius 1 is 1.14 bits per heavy atom. The average molecular weight is 521 g/mol. The first-order valence-corrected chi connectivity index (χ1v) is 14.7. The van der Waals surface area contributed by atoms with Crippen LogP contribution in [0.4, 0.5) is 16.3 Å². The summed E-state index contributed by atoms with van der Waals surface area (Å²) in [4.78, 5) is 18.1. The zero-order valence-electron chi connectivity index (χ0n) is 21.0. The molecule has 3 aromatic rings. The van der Waals surface area contributed by atoms with Crippen LogP contribution in [-0.4, -0.2) is 61.0 Å². The van der Waals surface area contributed by atoms with E-state index in [0.29, 0.717) is 54.7 Å². The molecule has 2 aromatic heterocycles. The maximum Gasteiger partial charge on any atom is 0.417 e. The zero-order valence-corrected chi connectivity index (χ0v) is 22.8. The molecule has 35 heavy (non-hydrogen) atoms. The van der Waals surface area contributed by atoms with E-state index in [1.54, 1.807) is 43.6 Å². The number of hydrogen-bond donors (Lipinski definition) is 1. The largest absolute Gasteiger partial charge is 0.491 e. The number of aromatic nitrogens is 3. The molecular weight excluding hydrogens is 488 g/mol. The van der Waals surface area contributed by atoms with Crippen LogP contribution >= 0.6 is 11.6 Å². The Kier molecular flexibility index (Phi) is 8.42. The summed E-state index contributed by atoms with van der Waals surface area (Å²) in [7, 11) is -0.407. The third-order valence-corrected chi connectivity index (χ3v) is 11.1. The highest BCUT2D eigenvalue weighted by atomic mass is 35.5. The summed E-state index contributed by atoms with van der Waals surface area (Å²) in [6.45, 7) is 12.1. The van der Waals surface area contributed by atoms with Crippen molar-refractivity contribution in [3.05, 3.63) is 47.2 Å². The van der Waals surface area contributed by atoms with Gasteiger partial charge in [-0.25, -0.2) is 14.7 Å². The van der Waals surface area contributed by atoms with Gasteiger partial charge in [0.15, 0.2) is 19.8 Å². The lowest BCUT2D eigenvalue weighted by Crippen LogP contribution is -2.41. The normalized spacial score (nSPS) is 12.2. The van der Waals surface area contributed by atoms with Crippen LogP contribution in [0.3, 0.4) is 0 Å². The van der Waals surface area contributed by atoms with E-state index in [9.17, 15) is 9.90 Å². The maximum absolute atomic E-state index is 12.5. The van der Waals surface area contributed by atoms with Gasteiger partial charge in [-0.1, -0.05) is 32.4 Å². The third-order valence-electron chi connectivity index (χ3n) is 6.23. The van der Waals surface area contributed by atoms with E-state index in [0.717, 1.165) is 4.90 Å². The Hall–Kier alpha value is -2.66. The van der Waals surface area contributed by atoms with E-state index in [4.69, 9.17) is 25.5 Å². The van der Waals surface area contributed by atoms with Gasteiger partial charge in [0.2, 0.25) is 0 Å². The predicted molar refractivity (Wildman–Crippen MR) is 139 cm³/mol. The van der Waals surface area contributed by atoms with E-state index in [1.807, 2.05) is 0 Å². The summed E-state index contributed by atoms with van der Waals surface area (Å²) in [6, 6.07) is 8.46. The molecule has 190 valence electrons. The van der Waals surface area contributed by atoms with E-state index in [1.165, 1.54) is 4.52 Å². The highest BCUT2D eigenvalue weighted by Gasteiger charge is 2.37. The summed E-state index contributed by atoms with van der Waals surface area (Å²) >= 11 is 6.59. The first-order chi connectivity index (χ1) is 16.5. The number of amides is 1. The number of nitrogens with zero attached hydrogens (tertiary/aromatic N) is 4. The molecule has 0 radical (unpaired) electrons. The molecule has 2 heterocycles. The minimum Gasteiger partial charge on any atom is -0.491 e. The monoisotopic (exact) mass is 520 g/mol. The minimum atomic E-state index is -2.01. The fourth-order valence-electron chi connectivity index (χ4n) is 3.26. The van der Waals surface area contributed by atoms with Gasteiger partial charge >= 0.3 is 6.09 Å². The highest BCUT2D eigenvalue weighted by Crippen LogP contribution is 2.38. The van der Waals surface area contributed by atoms with Crippen molar-refractivity contribution in [2.75, 3.05) is 31.8 Å². The number of methoxy groups -OCH3 is 1. The van der Waals surface area contributed by atoms with Crippen molar-refractivity contribution >= 4 is 43.2 Å². The molecule has 0 aliphatic heterocycles. The molecule has 1 N–H and O–H groups in total. The molecule has 1 amide bonds. The molecule has 0 aliphatic carbocycles. The fraction of sp³-hybridized carbons (Fsp3) is 0.458. The molecule has 1 aromatic carbocycles. The quantitative estimate of drug-likeness (QED) is 0.205. The molecule has 11 heteroatoms. The molecule has 0 bridgehead atoms.